The fourth-order valence-corrected chi connectivity index (χ4v) is 1.94. The fourth-order valence-electron chi connectivity index (χ4n) is 1.64. The molecule has 2 aromatic rings. The second-order valence-corrected chi connectivity index (χ2v) is 4.32. The normalized spacial score (nSPS) is 11.4. The van der Waals surface area contributed by atoms with Gasteiger partial charge in [-0.15, -0.1) is 0 Å². The van der Waals surface area contributed by atoms with E-state index in [1.807, 2.05) is 37.3 Å². The zero-order valence-corrected chi connectivity index (χ0v) is 10.6. The molecule has 0 unspecified atom stereocenters. The van der Waals surface area contributed by atoms with E-state index >= 15 is 0 Å². The first-order valence-electron chi connectivity index (χ1n) is 5.05. The molecule has 0 saturated heterocycles. The molecule has 16 heavy (non-hydrogen) atoms. The Morgan fingerprint density at radius 1 is 1.44 bits per heavy atom. The number of halogens is 1. The Hall–Kier alpha value is -0.990. The van der Waals surface area contributed by atoms with Crippen LogP contribution in [0.1, 0.15) is 11.1 Å². The maximum atomic E-state index is 6.12. The highest BCUT2D eigenvalue weighted by Gasteiger charge is 2.03. The van der Waals surface area contributed by atoms with Gasteiger partial charge in [0.1, 0.15) is 5.15 Å². The van der Waals surface area contributed by atoms with E-state index in [1.165, 1.54) is 0 Å². The number of rotatable bonds is 2. The summed E-state index contributed by atoms with van der Waals surface area (Å²) >= 11 is 10.2. The van der Waals surface area contributed by atoms with Crippen LogP contribution in [-0.4, -0.2) is 10.7 Å². The molecular formula is C13H12ClNS. The zero-order chi connectivity index (χ0) is 11.5. The average Bonchev–Trinajstić information content (AvgIpc) is 2.28. The lowest BCUT2D eigenvalue weighted by Gasteiger charge is -2.04. The maximum absolute atomic E-state index is 6.12. The van der Waals surface area contributed by atoms with Gasteiger partial charge in [-0.25, -0.2) is 4.98 Å². The summed E-state index contributed by atoms with van der Waals surface area (Å²) in [5.74, 6) is 0.697. The van der Waals surface area contributed by atoms with Crippen LogP contribution in [0.25, 0.3) is 17.0 Å². The number of hydrogen-bond acceptors (Lipinski definition) is 2. The van der Waals surface area contributed by atoms with E-state index in [9.17, 15) is 0 Å². The van der Waals surface area contributed by atoms with Gasteiger partial charge in [-0.05, 0) is 18.6 Å². The number of hydrogen-bond donors (Lipinski definition) is 1. The average molecular weight is 250 g/mol. The summed E-state index contributed by atoms with van der Waals surface area (Å²) in [6.07, 6.45) is 3.90. The minimum Gasteiger partial charge on any atom is -0.235 e. The second-order valence-electron chi connectivity index (χ2n) is 3.60. The predicted octanol–water partition coefficient (Wildman–Crippen LogP) is 4.14. The maximum Gasteiger partial charge on any atom is 0.136 e. The molecule has 2 rings (SSSR count). The molecule has 1 aromatic carbocycles. The molecule has 0 atom stereocenters. The molecule has 0 aliphatic carbocycles. The predicted molar refractivity (Wildman–Crippen MR) is 74.4 cm³/mol. The van der Waals surface area contributed by atoms with Gasteiger partial charge < -0.3 is 0 Å². The molecule has 1 nitrogen and oxygen atoms in total. The smallest absolute Gasteiger partial charge is 0.136 e. The lowest BCUT2D eigenvalue weighted by Crippen LogP contribution is -1.87. The summed E-state index contributed by atoms with van der Waals surface area (Å²) in [4.78, 5) is 4.42. The van der Waals surface area contributed by atoms with Crippen molar-refractivity contribution in [3.63, 3.8) is 0 Å². The molecule has 3 heteroatoms. The van der Waals surface area contributed by atoms with Gasteiger partial charge in [0.15, 0.2) is 0 Å². The fraction of sp³-hybridized carbons (Fsp3) is 0.154. The van der Waals surface area contributed by atoms with Crippen LogP contribution in [0, 0.1) is 6.92 Å². The number of nitrogens with zero attached hydrogens (tertiary/aromatic N) is 1. The molecule has 1 aromatic heterocycles. The van der Waals surface area contributed by atoms with Crippen molar-refractivity contribution in [1.82, 2.24) is 4.98 Å². The third-order valence-corrected chi connectivity index (χ3v) is 2.94. The van der Waals surface area contributed by atoms with Gasteiger partial charge in [0.25, 0.3) is 0 Å². The highest BCUT2D eigenvalue weighted by Crippen LogP contribution is 2.23. The van der Waals surface area contributed by atoms with Crippen LogP contribution in [0.4, 0.5) is 0 Å². The molecule has 0 saturated carbocycles. The van der Waals surface area contributed by atoms with E-state index in [0.29, 0.717) is 10.9 Å². The quantitative estimate of drug-likeness (QED) is 0.624. The highest BCUT2D eigenvalue weighted by atomic mass is 35.5. The van der Waals surface area contributed by atoms with Crippen molar-refractivity contribution in [2.45, 2.75) is 6.92 Å². The monoisotopic (exact) mass is 249 g/mol. The van der Waals surface area contributed by atoms with Gasteiger partial charge in [0, 0.05) is 16.7 Å². The van der Waals surface area contributed by atoms with Crippen LogP contribution in [0.5, 0.6) is 0 Å². The number of para-hydroxylation sites is 1. The Bertz CT molecular complexity index is 549. The lowest BCUT2D eigenvalue weighted by atomic mass is 10.1. The van der Waals surface area contributed by atoms with Crippen LogP contribution >= 0.6 is 24.2 Å². The van der Waals surface area contributed by atoms with E-state index < -0.39 is 0 Å². The largest absolute Gasteiger partial charge is 0.235 e. The van der Waals surface area contributed by atoms with Gasteiger partial charge in [0.05, 0.1) is 5.52 Å². The highest BCUT2D eigenvalue weighted by molar-refractivity contribution is 7.80. The van der Waals surface area contributed by atoms with Gasteiger partial charge in [0.2, 0.25) is 0 Å². The first-order chi connectivity index (χ1) is 7.72. The van der Waals surface area contributed by atoms with Gasteiger partial charge >= 0.3 is 0 Å². The van der Waals surface area contributed by atoms with E-state index in [-0.39, 0.29) is 0 Å². The SMILES string of the molecule is Cc1cccc2cc(C=CCS)c(Cl)nc12. The second kappa shape index (κ2) is 4.89. The molecule has 0 spiro atoms. The third-order valence-electron chi connectivity index (χ3n) is 2.43. The molecular weight excluding hydrogens is 238 g/mol. The van der Waals surface area contributed by atoms with Crippen molar-refractivity contribution >= 4 is 41.2 Å². The Balaban J connectivity index is 2.63. The first kappa shape index (κ1) is 11.5. The molecule has 82 valence electrons. The van der Waals surface area contributed by atoms with Crippen molar-refractivity contribution in [2.75, 3.05) is 5.75 Å². The van der Waals surface area contributed by atoms with Crippen LogP contribution in [-0.2, 0) is 0 Å². The van der Waals surface area contributed by atoms with Crippen molar-refractivity contribution in [2.24, 2.45) is 0 Å². The number of aryl methyl sites for hydroxylation is 1. The number of aromatic nitrogens is 1. The number of pyridine rings is 1. The van der Waals surface area contributed by atoms with Crippen molar-refractivity contribution < 1.29 is 0 Å². The summed E-state index contributed by atoms with van der Waals surface area (Å²) in [7, 11) is 0. The molecule has 0 fully saturated rings. The Morgan fingerprint density at radius 2 is 2.25 bits per heavy atom. The minimum absolute atomic E-state index is 0.542. The van der Waals surface area contributed by atoms with Crippen molar-refractivity contribution in [1.29, 1.82) is 0 Å². The van der Waals surface area contributed by atoms with E-state index in [0.717, 1.165) is 22.0 Å². The molecule has 1 heterocycles. The summed E-state index contributed by atoms with van der Waals surface area (Å²) in [6.45, 7) is 2.04. The summed E-state index contributed by atoms with van der Waals surface area (Å²) in [6, 6.07) is 8.16. The number of thiol groups is 1. The van der Waals surface area contributed by atoms with Crippen LogP contribution in [0.3, 0.4) is 0 Å². The standard InChI is InChI=1S/C13H12ClNS/c1-9-4-2-5-10-8-11(6-3-7-16)13(14)15-12(9)10/h2-6,8,16H,7H2,1H3. The molecule has 0 radical (unpaired) electrons. The van der Waals surface area contributed by atoms with E-state index in [1.54, 1.807) is 0 Å². The molecule has 0 aliphatic heterocycles. The lowest BCUT2D eigenvalue weighted by molar-refractivity contribution is 1.35. The summed E-state index contributed by atoms with van der Waals surface area (Å²) in [5.41, 5.74) is 3.05. The third kappa shape index (κ3) is 2.23. The topological polar surface area (TPSA) is 12.9 Å². The number of fused-ring (bicyclic) bond motifs is 1. The van der Waals surface area contributed by atoms with Gasteiger partial charge in [-0.1, -0.05) is 42.0 Å². The Morgan fingerprint density at radius 3 is 3.00 bits per heavy atom. The minimum atomic E-state index is 0.542. The molecule has 0 bridgehead atoms. The summed E-state index contributed by atoms with van der Waals surface area (Å²) < 4.78 is 0. The van der Waals surface area contributed by atoms with Gasteiger partial charge in [-0.3, -0.25) is 0 Å². The first-order valence-corrected chi connectivity index (χ1v) is 6.06. The molecule has 0 N–H and O–H groups in total. The van der Waals surface area contributed by atoms with Crippen molar-refractivity contribution in [3.8, 4) is 0 Å². The Labute approximate surface area is 106 Å². The van der Waals surface area contributed by atoms with Crippen LogP contribution in [0.2, 0.25) is 5.15 Å². The Kier molecular flexibility index (Phi) is 3.52. The van der Waals surface area contributed by atoms with E-state index in [2.05, 4.69) is 23.7 Å². The van der Waals surface area contributed by atoms with Crippen LogP contribution < -0.4 is 0 Å². The van der Waals surface area contributed by atoms with Crippen LogP contribution in [0.15, 0.2) is 30.3 Å². The summed E-state index contributed by atoms with van der Waals surface area (Å²) in [5, 5.41) is 1.66. The van der Waals surface area contributed by atoms with E-state index in [4.69, 9.17) is 11.6 Å². The zero-order valence-electron chi connectivity index (χ0n) is 8.94. The molecule has 0 aliphatic rings. The number of benzene rings is 1. The van der Waals surface area contributed by atoms with Gasteiger partial charge in [-0.2, -0.15) is 12.6 Å². The van der Waals surface area contributed by atoms with Crippen molar-refractivity contribution in [3.05, 3.63) is 46.6 Å². The molecule has 0 amide bonds.